The molecule has 1 N–H and O–H groups in total. The Morgan fingerprint density at radius 1 is 0.643 bits per heavy atom. The molecular formula is C13H22N+. The topological polar surface area (TPSA) is 4.44 Å². The Kier molecular flexibility index (Phi) is 1.60. The summed E-state index contributed by atoms with van der Waals surface area (Å²) in [7, 11) is 0. The minimum Gasteiger partial charge on any atom is -0.332 e. The van der Waals surface area contributed by atoms with Gasteiger partial charge in [0.25, 0.3) is 0 Å². The van der Waals surface area contributed by atoms with Crippen LogP contribution in [0.1, 0.15) is 38.5 Å². The summed E-state index contributed by atoms with van der Waals surface area (Å²) in [5.41, 5.74) is 0. The zero-order chi connectivity index (χ0) is 9.12. The standard InChI is InChI=1S/C13H21N/c1-2-10-5-7-14-8-6-11-4-3-9(1)12(10)13(11)14/h9-13H,1-8H2/p+1. The number of nitrogens with one attached hydrogen (secondary N) is 1. The molecule has 14 heavy (non-hydrogen) atoms. The van der Waals surface area contributed by atoms with Crippen molar-refractivity contribution in [2.24, 2.45) is 23.7 Å². The lowest BCUT2D eigenvalue weighted by Gasteiger charge is -2.44. The average Bonchev–Trinajstić information content (AvgIpc) is 2.77. The third kappa shape index (κ3) is 0.900. The Bertz CT molecular complexity index is 200. The van der Waals surface area contributed by atoms with Crippen molar-refractivity contribution in [3.8, 4) is 0 Å². The number of piperidine rings is 1. The first kappa shape index (κ1) is 8.15. The highest BCUT2D eigenvalue weighted by Crippen LogP contribution is 2.50. The van der Waals surface area contributed by atoms with Gasteiger partial charge in [-0.25, -0.2) is 0 Å². The molecule has 6 unspecified atom stereocenters. The first-order valence-electron chi connectivity index (χ1n) is 6.78. The Hall–Kier alpha value is -0.0400. The molecule has 6 atom stereocenters. The molecule has 1 nitrogen and oxygen atoms in total. The Morgan fingerprint density at radius 2 is 1.21 bits per heavy atom. The van der Waals surface area contributed by atoms with Gasteiger partial charge in [-0.2, -0.15) is 0 Å². The lowest BCUT2D eigenvalue weighted by molar-refractivity contribution is -0.926. The van der Waals surface area contributed by atoms with E-state index in [1.54, 1.807) is 38.5 Å². The Morgan fingerprint density at radius 3 is 2.00 bits per heavy atom. The van der Waals surface area contributed by atoms with E-state index in [1.165, 1.54) is 19.0 Å². The van der Waals surface area contributed by atoms with E-state index < -0.39 is 0 Å². The van der Waals surface area contributed by atoms with E-state index in [0.717, 1.165) is 23.8 Å². The van der Waals surface area contributed by atoms with Crippen LogP contribution in [0.15, 0.2) is 0 Å². The predicted molar refractivity (Wildman–Crippen MR) is 56.1 cm³/mol. The molecule has 0 bridgehead atoms. The van der Waals surface area contributed by atoms with Crippen LogP contribution < -0.4 is 4.90 Å². The van der Waals surface area contributed by atoms with Gasteiger partial charge in [-0.05, 0) is 43.9 Å². The molecule has 0 amide bonds. The molecule has 0 aromatic heterocycles. The lowest BCUT2D eigenvalue weighted by atomic mass is 9.68. The summed E-state index contributed by atoms with van der Waals surface area (Å²) >= 11 is 0. The molecule has 1 heteroatoms. The van der Waals surface area contributed by atoms with E-state index in [2.05, 4.69) is 0 Å². The molecule has 4 fully saturated rings. The second-order valence-corrected chi connectivity index (χ2v) is 6.27. The fourth-order valence-corrected chi connectivity index (χ4v) is 5.51. The van der Waals surface area contributed by atoms with Crippen molar-refractivity contribution >= 4 is 0 Å². The van der Waals surface area contributed by atoms with Crippen molar-refractivity contribution in [3.63, 3.8) is 0 Å². The van der Waals surface area contributed by atoms with E-state index in [1.807, 2.05) is 4.90 Å². The van der Waals surface area contributed by atoms with Crippen LogP contribution in [0, 0.1) is 23.7 Å². The number of hydrogen-bond donors (Lipinski definition) is 1. The maximum absolute atomic E-state index is 2.02. The summed E-state index contributed by atoms with van der Waals surface area (Å²) in [4.78, 5) is 2.02. The molecule has 0 aromatic carbocycles. The van der Waals surface area contributed by atoms with Crippen LogP contribution in [0.5, 0.6) is 0 Å². The highest BCUT2D eigenvalue weighted by molar-refractivity contribution is 4.98. The van der Waals surface area contributed by atoms with Gasteiger partial charge in [0.2, 0.25) is 0 Å². The predicted octanol–water partition coefficient (Wildman–Crippen LogP) is 1.10. The maximum atomic E-state index is 2.02. The van der Waals surface area contributed by atoms with Crippen LogP contribution in [0.25, 0.3) is 0 Å². The van der Waals surface area contributed by atoms with E-state index in [4.69, 9.17) is 0 Å². The van der Waals surface area contributed by atoms with Crippen LogP contribution >= 0.6 is 0 Å². The molecule has 2 heterocycles. The molecule has 2 saturated carbocycles. The Balaban J connectivity index is 1.73. The molecule has 78 valence electrons. The third-order valence-electron chi connectivity index (χ3n) is 5.97. The molecular weight excluding hydrogens is 170 g/mol. The second-order valence-electron chi connectivity index (χ2n) is 6.27. The first-order valence-corrected chi connectivity index (χ1v) is 6.78. The summed E-state index contributed by atoms with van der Waals surface area (Å²) in [6, 6.07) is 1.13. The van der Waals surface area contributed by atoms with E-state index in [0.29, 0.717) is 0 Å². The van der Waals surface area contributed by atoms with Gasteiger partial charge in [0.1, 0.15) is 0 Å². The van der Waals surface area contributed by atoms with Gasteiger partial charge in [-0.1, -0.05) is 0 Å². The summed E-state index contributed by atoms with van der Waals surface area (Å²) in [6.45, 7) is 3.04. The van der Waals surface area contributed by atoms with Crippen molar-refractivity contribution in [1.29, 1.82) is 0 Å². The van der Waals surface area contributed by atoms with Gasteiger partial charge >= 0.3 is 0 Å². The van der Waals surface area contributed by atoms with Crippen LogP contribution in [0.2, 0.25) is 0 Å². The number of rotatable bonds is 0. The highest BCUT2D eigenvalue weighted by atomic mass is 15.2. The van der Waals surface area contributed by atoms with Crippen molar-refractivity contribution in [3.05, 3.63) is 0 Å². The fourth-order valence-electron chi connectivity index (χ4n) is 5.51. The highest BCUT2D eigenvalue weighted by Gasteiger charge is 2.56. The summed E-state index contributed by atoms with van der Waals surface area (Å²) < 4.78 is 0. The molecule has 0 spiro atoms. The van der Waals surface area contributed by atoms with Crippen LogP contribution in [-0.2, 0) is 0 Å². The van der Waals surface area contributed by atoms with Crippen molar-refractivity contribution in [1.82, 2.24) is 0 Å². The lowest BCUT2D eigenvalue weighted by Crippen LogP contribution is -3.16. The maximum Gasteiger partial charge on any atom is 0.0939 e. The van der Waals surface area contributed by atoms with Crippen molar-refractivity contribution < 1.29 is 4.90 Å². The quantitative estimate of drug-likeness (QED) is 0.586. The summed E-state index contributed by atoms with van der Waals surface area (Å²) in [5.74, 6) is 4.65. The molecule has 2 aliphatic heterocycles. The smallest absolute Gasteiger partial charge is 0.0939 e. The van der Waals surface area contributed by atoms with Gasteiger partial charge in [0.15, 0.2) is 0 Å². The van der Waals surface area contributed by atoms with Crippen LogP contribution in [-0.4, -0.2) is 19.1 Å². The van der Waals surface area contributed by atoms with Crippen LogP contribution in [0.4, 0.5) is 0 Å². The van der Waals surface area contributed by atoms with E-state index in [9.17, 15) is 0 Å². The first-order chi connectivity index (χ1) is 6.93. The normalized spacial score (nSPS) is 60.0. The van der Waals surface area contributed by atoms with Crippen LogP contribution in [0.3, 0.4) is 0 Å². The van der Waals surface area contributed by atoms with Gasteiger partial charge in [-0.3, -0.25) is 0 Å². The third-order valence-corrected chi connectivity index (χ3v) is 5.97. The largest absolute Gasteiger partial charge is 0.332 e. The second kappa shape index (κ2) is 2.75. The molecule has 0 aromatic rings. The minimum atomic E-state index is 1.13. The zero-order valence-corrected chi connectivity index (χ0v) is 9.04. The molecule has 0 radical (unpaired) electrons. The van der Waals surface area contributed by atoms with E-state index >= 15 is 0 Å². The average molecular weight is 192 g/mol. The number of hydrogen-bond acceptors (Lipinski definition) is 0. The van der Waals surface area contributed by atoms with Gasteiger partial charge < -0.3 is 4.90 Å². The summed E-state index contributed by atoms with van der Waals surface area (Å²) in [6.07, 6.45) is 9.49. The number of quaternary nitrogens is 1. The molecule has 2 aliphatic carbocycles. The molecule has 4 aliphatic rings. The molecule has 2 saturated heterocycles. The SMILES string of the molecule is C1CC2CC[NH+]3CCC4CCC1C2C43. The van der Waals surface area contributed by atoms with Gasteiger partial charge in [0, 0.05) is 18.3 Å². The Labute approximate surface area is 86.9 Å². The molecule has 4 rings (SSSR count). The fraction of sp³-hybridized carbons (Fsp3) is 1.00. The van der Waals surface area contributed by atoms with E-state index in [-0.39, 0.29) is 0 Å². The monoisotopic (exact) mass is 192 g/mol. The minimum absolute atomic E-state index is 1.13. The van der Waals surface area contributed by atoms with Gasteiger partial charge in [-0.15, -0.1) is 0 Å². The van der Waals surface area contributed by atoms with Gasteiger partial charge in [0.05, 0.1) is 19.1 Å². The van der Waals surface area contributed by atoms with Crippen molar-refractivity contribution in [2.75, 3.05) is 13.1 Å². The summed E-state index contributed by atoms with van der Waals surface area (Å²) in [5, 5.41) is 0. The van der Waals surface area contributed by atoms with Crippen molar-refractivity contribution in [2.45, 2.75) is 44.6 Å². The zero-order valence-electron chi connectivity index (χ0n) is 9.04.